The molecule has 0 aromatic heterocycles. The van der Waals surface area contributed by atoms with Crippen molar-refractivity contribution in [3.63, 3.8) is 0 Å². The second kappa shape index (κ2) is 7.58. The number of para-hydroxylation sites is 2. The Morgan fingerprint density at radius 2 is 2.04 bits per heavy atom. The molecule has 0 atom stereocenters. The van der Waals surface area contributed by atoms with Crippen LogP contribution in [0.15, 0.2) is 47.6 Å². The van der Waals surface area contributed by atoms with E-state index in [1.807, 2.05) is 0 Å². The van der Waals surface area contributed by atoms with E-state index in [0.29, 0.717) is 0 Å². The molecule has 3 N–H and O–H groups in total. The molecule has 0 aliphatic carbocycles. The smallest absolute Gasteiger partial charge is 0.310 e. The van der Waals surface area contributed by atoms with Gasteiger partial charge in [-0.2, -0.15) is 5.10 Å². The molecule has 0 bridgehead atoms. The normalized spacial score (nSPS) is 10.5. The lowest BCUT2D eigenvalue weighted by molar-refractivity contribution is -0.385. The molecule has 0 saturated heterocycles. The lowest BCUT2D eigenvalue weighted by atomic mass is 10.2. The van der Waals surface area contributed by atoms with Crippen LogP contribution in [-0.2, 0) is 4.79 Å². The Morgan fingerprint density at radius 3 is 2.79 bits per heavy atom. The van der Waals surface area contributed by atoms with Gasteiger partial charge in [-0.15, -0.1) is 0 Å². The van der Waals surface area contributed by atoms with Crippen molar-refractivity contribution in [2.24, 2.45) is 5.10 Å². The predicted octanol–water partition coefficient (Wildman–Crippen LogP) is 1.54. The summed E-state index contributed by atoms with van der Waals surface area (Å²) < 4.78 is 5.09. The standard InChI is InChI=1S/C15H13N3O6/c19-11-5-6-13(20)10(7-11)8-16-17-15(21)9-24-14-4-2-1-3-12(14)18(22)23/h1-8,19-20H,9H2,(H,17,21). The summed E-state index contributed by atoms with van der Waals surface area (Å²) in [6, 6.07) is 9.49. The quantitative estimate of drug-likeness (QED) is 0.318. The van der Waals surface area contributed by atoms with E-state index in [9.17, 15) is 25.1 Å². The molecule has 0 aliphatic rings. The van der Waals surface area contributed by atoms with E-state index in [0.717, 1.165) is 6.21 Å². The van der Waals surface area contributed by atoms with E-state index >= 15 is 0 Å². The third-order valence-electron chi connectivity index (χ3n) is 2.82. The van der Waals surface area contributed by atoms with E-state index in [1.165, 1.54) is 36.4 Å². The van der Waals surface area contributed by atoms with Gasteiger partial charge >= 0.3 is 5.69 Å². The minimum absolute atomic E-state index is 0.0349. The summed E-state index contributed by atoms with van der Waals surface area (Å²) in [6.45, 7) is -0.478. The van der Waals surface area contributed by atoms with Gasteiger partial charge in [0.2, 0.25) is 0 Å². The molecule has 0 saturated carbocycles. The summed E-state index contributed by atoms with van der Waals surface area (Å²) in [5.41, 5.74) is 2.09. The highest BCUT2D eigenvalue weighted by Crippen LogP contribution is 2.25. The van der Waals surface area contributed by atoms with Crippen LogP contribution in [0.4, 0.5) is 5.69 Å². The number of carbonyl (C=O) groups is 1. The molecule has 9 nitrogen and oxygen atoms in total. The number of hydrogen-bond donors (Lipinski definition) is 3. The van der Waals surface area contributed by atoms with Gasteiger partial charge in [-0.3, -0.25) is 14.9 Å². The number of hydrogen-bond acceptors (Lipinski definition) is 7. The van der Waals surface area contributed by atoms with Crippen molar-refractivity contribution < 1.29 is 24.7 Å². The molecule has 0 unspecified atom stereocenters. The van der Waals surface area contributed by atoms with Gasteiger partial charge in [0.15, 0.2) is 12.4 Å². The predicted molar refractivity (Wildman–Crippen MR) is 84.1 cm³/mol. The van der Waals surface area contributed by atoms with Crippen LogP contribution in [0.1, 0.15) is 5.56 Å². The lowest BCUT2D eigenvalue weighted by Gasteiger charge is -2.05. The molecule has 124 valence electrons. The Hall–Kier alpha value is -3.62. The van der Waals surface area contributed by atoms with Crippen LogP contribution in [0.2, 0.25) is 0 Å². The highest BCUT2D eigenvalue weighted by molar-refractivity contribution is 5.85. The zero-order valence-electron chi connectivity index (χ0n) is 12.2. The molecule has 0 aliphatic heterocycles. The summed E-state index contributed by atoms with van der Waals surface area (Å²) in [4.78, 5) is 21.8. The molecule has 0 radical (unpaired) electrons. The Labute approximate surface area is 136 Å². The van der Waals surface area contributed by atoms with Crippen LogP contribution >= 0.6 is 0 Å². The van der Waals surface area contributed by atoms with Crippen molar-refractivity contribution >= 4 is 17.8 Å². The first kappa shape index (κ1) is 16.7. The second-order valence-corrected chi connectivity index (χ2v) is 4.55. The largest absolute Gasteiger partial charge is 0.508 e. The molecule has 0 spiro atoms. The Bertz CT molecular complexity index is 791. The summed E-state index contributed by atoms with van der Waals surface area (Å²) in [7, 11) is 0. The number of carbonyl (C=O) groups excluding carboxylic acids is 1. The average Bonchev–Trinajstić information content (AvgIpc) is 2.56. The first-order valence-electron chi connectivity index (χ1n) is 6.67. The van der Waals surface area contributed by atoms with Gasteiger partial charge in [0.25, 0.3) is 5.91 Å². The number of amides is 1. The SMILES string of the molecule is O=C(COc1ccccc1[N+](=O)[O-])NN=Cc1cc(O)ccc1O. The maximum absolute atomic E-state index is 11.6. The van der Waals surface area contributed by atoms with Crippen LogP contribution in [0, 0.1) is 10.1 Å². The monoisotopic (exact) mass is 331 g/mol. The van der Waals surface area contributed by atoms with Gasteiger partial charge in [-0.1, -0.05) is 12.1 Å². The van der Waals surface area contributed by atoms with Gasteiger partial charge in [-0.25, -0.2) is 5.43 Å². The number of rotatable bonds is 6. The molecule has 2 rings (SSSR count). The summed E-state index contributed by atoms with van der Waals surface area (Å²) in [6.07, 6.45) is 1.14. The number of ether oxygens (including phenoxy) is 1. The van der Waals surface area contributed by atoms with Crippen LogP contribution in [-0.4, -0.2) is 33.9 Å². The molecule has 1 amide bonds. The minimum atomic E-state index is -0.649. The first-order valence-corrected chi connectivity index (χ1v) is 6.67. The highest BCUT2D eigenvalue weighted by atomic mass is 16.6. The fraction of sp³-hybridized carbons (Fsp3) is 0.0667. The molecule has 2 aromatic rings. The number of aromatic hydroxyl groups is 2. The molecule has 9 heteroatoms. The third kappa shape index (κ3) is 4.44. The van der Waals surface area contributed by atoms with Crippen LogP contribution in [0.5, 0.6) is 17.2 Å². The maximum Gasteiger partial charge on any atom is 0.310 e. The Morgan fingerprint density at radius 1 is 1.29 bits per heavy atom. The molecule has 24 heavy (non-hydrogen) atoms. The van der Waals surface area contributed by atoms with Gasteiger partial charge in [0.05, 0.1) is 11.1 Å². The lowest BCUT2D eigenvalue weighted by Crippen LogP contribution is -2.24. The summed E-state index contributed by atoms with van der Waals surface area (Å²) >= 11 is 0. The summed E-state index contributed by atoms with van der Waals surface area (Å²) in [5.74, 6) is -0.876. The van der Waals surface area contributed by atoms with Crippen molar-refractivity contribution in [3.8, 4) is 17.2 Å². The number of benzene rings is 2. The summed E-state index contributed by atoms with van der Waals surface area (Å²) in [5, 5.41) is 33.2. The van der Waals surface area contributed by atoms with Crippen molar-refractivity contribution in [2.75, 3.05) is 6.61 Å². The maximum atomic E-state index is 11.6. The molecular weight excluding hydrogens is 318 g/mol. The zero-order chi connectivity index (χ0) is 17.5. The third-order valence-corrected chi connectivity index (χ3v) is 2.82. The van der Waals surface area contributed by atoms with Gasteiger partial charge in [-0.05, 0) is 24.3 Å². The Balaban J connectivity index is 1.91. The number of nitrogens with one attached hydrogen (secondary N) is 1. The van der Waals surface area contributed by atoms with E-state index in [2.05, 4.69) is 10.5 Å². The fourth-order valence-electron chi connectivity index (χ4n) is 1.72. The topological polar surface area (TPSA) is 134 Å². The fourth-order valence-corrected chi connectivity index (χ4v) is 1.72. The number of nitrogens with zero attached hydrogens (tertiary/aromatic N) is 2. The number of nitro benzene ring substituents is 1. The van der Waals surface area contributed by atoms with E-state index in [4.69, 9.17) is 4.74 Å². The van der Waals surface area contributed by atoms with Crippen molar-refractivity contribution in [3.05, 3.63) is 58.1 Å². The van der Waals surface area contributed by atoms with E-state index in [-0.39, 0.29) is 28.5 Å². The molecule has 0 fully saturated rings. The van der Waals surface area contributed by atoms with Crippen molar-refractivity contribution in [1.29, 1.82) is 0 Å². The average molecular weight is 331 g/mol. The number of nitro groups is 1. The van der Waals surface area contributed by atoms with E-state index < -0.39 is 17.4 Å². The molecule has 0 heterocycles. The second-order valence-electron chi connectivity index (χ2n) is 4.55. The van der Waals surface area contributed by atoms with Crippen molar-refractivity contribution in [2.45, 2.75) is 0 Å². The van der Waals surface area contributed by atoms with Gasteiger partial charge in [0, 0.05) is 11.6 Å². The van der Waals surface area contributed by atoms with E-state index in [1.54, 1.807) is 6.07 Å². The van der Waals surface area contributed by atoms with Gasteiger partial charge in [0.1, 0.15) is 11.5 Å². The first-order chi connectivity index (χ1) is 11.5. The zero-order valence-corrected chi connectivity index (χ0v) is 12.2. The number of hydrazone groups is 1. The number of phenols is 2. The van der Waals surface area contributed by atoms with Crippen LogP contribution in [0.3, 0.4) is 0 Å². The minimum Gasteiger partial charge on any atom is -0.508 e. The molecular formula is C15H13N3O6. The van der Waals surface area contributed by atoms with Crippen LogP contribution in [0.25, 0.3) is 0 Å². The van der Waals surface area contributed by atoms with Crippen molar-refractivity contribution in [1.82, 2.24) is 5.43 Å². The highest BCUT2D eigenvalue weighted by Gasteiger charge is 2.14. The van der Waals surface area contributed by atoms with Crippen LogP contribution < -0.4 is 10.2 Å². The molecule has 2 aromatic carbocycles. The Kier molecular flexibility index (Phi) is 5.29. The van der Waals surface area contributed by atoms with Gasteiger partial charge < -0.3 is 14.9 Å². The number of phenolic OH excluding ortho intramolecular Hbond substituents is 2.